The molecule has 1 saturated carbocycles. The van der Waals surface area contributed by atoms with Crippen LogP contribution < -0.4 is 15.4 Å². The van der Waals surface area contributed by atoms with E-state index in [9.17, 15) is 22.4 Å². The highest BCUT2D eigenvalue weighted by molar-refractivity contribution is 7.91. The maximum atomic E-state index is 14.2. The van der Waals surface area contributed by atoms with Crippen molar-refractivity contribution in [3.05, 3.63) is 29.6 Å². The molecular weight excluding hydrogens is 437 g/mol. The fourth-order valence-corrected chi connectivity index (χ4v) is 6.21. The van der Waals surface area contributed by atoms with Gasteiger partial charge in [-0.25, -0.2) is 17.6 Å². The van der Waals surface area contributed by atoms with Gasteiger partial charge < -0.3 is 15.0 Å². The van der Waals surface area contributed by atoms with Crippen LogP contribution in [0.15, 0.2) is 18.2 Å². The number of ether oxygens (including phenoxy) is 1. The van der Waals surface area contributed by atoms with Crippen molar-refractivity contribution in [3.8, 4) is 5.75 Å². The van der Waals surface area contributed by atoms with Gasteiger partial charge in [-0.2, -0.15) is 0 Å². The smallest absolute Gasteiger partial charge is 0.324 e. The zero-order valence-corrected chi connectivity index (χ0v) is 18.9. The van der Waals surface area contributed by atoms with E-state index in [1.165, 1.54) is 11.0 Å². The highest BCUT2D eigenvalue weighted by Gasteiger charge is 2.43. The highest BCUT2D eigenvalue weighted by Crippen LogP contribution is 2.35. The third-order valence-electron chi connectivity index (χ3n) is 6.39. The first kappa shape index (κ1) is 23.0. The van der Waals surface area contributed by atoms with Gasteiger partial charge in [0.05, 0.1) is 18.1 Å². The van der Waals surface area contributed by atoms with E-state index in [0.717, 1.165) is 18.4 Å². The van der Waals surface area contributed by atoms with E-state index >= 15 is 0 Å². The van der Waals surface area contributed by atoms with E-state index in [-0.39, 0.29) is 35.7 Å². The van der Waals surface area contributed by atoms with Crippen molar-refractivity contribution < 1.29 is 27.1 Å². The number of amides is 3. The Hall–Kier alpha value is -2.20. The lowest BCUT2D eigenvalue weighted by Gasteiger charge is -2.43. The van der Waals surface area contributed by atoms with Crippen LogP contribution in [0.5, 0.6) is 5.75 Å². The number of nitrogens with zero attached hydrogens (tertiary/aromatic N) is 1. The average molecular weight is 468 g/mol. The molecule has 2 heterocycles. The molecule has 3 amide bonds. The van der Waals surface area contributed by atoms with Gasteiger partial charge in [-0.05, 0) is 49.3 Å². The summed E-state index contributed by atoms with van der Waals surface area (Å²) in [6.07, 6.45) is 4.00. The lowest BCUT2D eigenvalue weighted by molar-refractivity contribution is -0.118. The minimum absolute atomic E-state index is 0.00370. The predicted molar refractivity (Wildman–Crippen MR) is 117 cm³/mol. The SMILES string of the molecule is O=C1CN(CCCCCS(=O)(=O)CC2(c3ccc(F)c(OCC4CC4)c3)CNC2)C(=O)N1. The van der Waals surface area contributed by atoms with E-state index in [0.29, 0.717) is 51.4 Å². The summed E-state index contributed by atoms with van der Waals surface area (Å²) in [5.74, 6) is 0.0306. The van der Waals surface area contributed by atoms with Crippen molar-refractivity contribution in [2.45, 2.75) is 37.5 Å². The lowest BCUT2D eigenvalue weighted by atomic mass is 9.77. The number of benzene rings is 1. The van der Waals surface area contributed by atoms with Gasteiger partial charge in [0.1, 0.15) is 6.54 Å². The molecule has 0 bridgehead atoms. The van der Waals surface area contributed by atoms with E-state index in [4.69, 9.17) is 4.74 Å². The largest absolute Gasteiger partial charge is 0.490 e. The van der Waals surface area contributed by atoms with E-state index in [1.54, 1.807) is 12.1 Å². The van der Waals surface area contributed by atoms with Gasteiger partial charge in [-0.3, -0.25) is 10.1 Å². The topological polar surface area (TPSA) is 105 Å². The van der Waals surface area contributed by atoms with Gasteiger partial charge in [0.25, 0.3) is 0 Å². The summed E-state index contributed by atoms with van der Waals surface area (Å²) in [7, 11) is -3.33. The number of nitrogens with one attached hydrogen (secondary N) is 2. The number of urea groups is 1. The number of halogens is 1. The van der Waals surface area contributed by atoms with Crippen LogP contribution >= 0.6 is 0 Å². The fraction of sp³-hybridized carbons (Fsp3) is 0.636. The quantitative estimate of drug-likeness (QED) is 0.357. The Morgan fingerprint density at radius 3 is 2.56 bits per heavy atom. The zero-order valence-electron chi connectivity index (χ0n) is 18.1. The number of hydrogen-bond donors (Lipinski definition) is 2. The molecule has 4 rings (SSSR count). The van der Waals surface area contributed by atoms with E-state index in [2.05, 4.69) is 10.6 Å². The summed E-state index contributed by atoms with van der Waals surface area (Å²) >= 11 is 0. The number of carbonyl (C=O) groups is 2. The molecule has 1 aliphatic carbocycles. The van der Waals surface area contributed by atoms with E-state index in [1.807, 2.05) is 0 Å². The predicted octanol–water partition coefficient (Wildman–Crippen LogP) is 1.59. The molecule has 32 heavy (non-hydrogen) atoms. The van der Waals surface area contributed by atoms with Crippen molar-refractivity contribution in [2.75, 3.05) is 44.3 Å². The van der Waals surface area contributed by atoms with Crippen molar-refractivity contribution in [1.82, 2.24) is 15.5 Å². The van der Waals surface area contributed by atoms with Crippen LogP contribution in [0.25, 0.3) is 0 Å². The average Bonchev–Trinajstić information content (AvgIpc) is 3.48. The van der Waals surface area contributed by atoms with Crippen molar-refractivity contribution in [1.29, 1.82) is 0 Å². The Bertz CT molecular complexity index is 976. The molecule has 176 valence electrons. The van der Waals surface area contributed by atoms with Gasteiger partial charge in [0.15, 0.2) is 21.4 Å². The minimum atomic E-state index is -3.33. The first-order chi connectivity index (χ1) is 15.3. The number of unbranched alkanes of at least 4 members (excludes halogenated alkanes) is 2. The van der Waals surface area contributed by atoms with Crippen LogP contribution in [0.2, 0.25) is 0 Å². The first-order valence-corrected chi connectivity index (χ1v) is 13.0. The molecule has 3 aliphatic rings. The minimum Gasteiger partial charge on any atom is -0.490 e. The second-order valence-corrected chi connectivity index (χ2v) is 11.4. The molecular formula is C22H30FN3O5S. The van der Waals surface area contributed by atoms with E-state index < -0.39 is 21.1 Å². The Morgan fingerprint density at radius 2 is 1.94 bits per heavy atom. The summed E-state index contributed by atoms with van der Waals surface area (Å²) in [6.45, 7) is 2.05. The van der Waals surface area contributed by atoms with Crippen LogP contribution in [-0.4, -0.2) is 69.5 Å². The molecule has 1 aromatic rings. The van der Waals surface area contributed by atoms with Crippen molar-refractivity contribution in [2.24, 2.45) is 5.92 Å². The highest BCUT2D eigenvalue weighted by atomic mass is 32.2. The van der Waals surface area contributed by atoms with Crippen LogP contribution in [-0.2, 0) is 20.0 Å². The second kappa shape index (κ2) is 9.35. The van der Waals surface area contributed by atoms with Gasteiger partial charge in [0.2, 0.25) is 5.91 Å². The number of carbonyl (C=O) groups excluding carboxylic acids is 2. The standard InChI is InChI=1S/C22H30FN3O5S/c23-18-7-6-17(10-19(18)31-12-16-4-5-16)22(13-24-14-22)15-32(29,30)9-3-1-2-8-26-11-20(27)25-21(26)28/h6-7,10,16,24H,1-5,8-9,11-15H2,(H,25,27,28). The Kier molecular flexibility index (Phi) is 6.71. The van der Waals surface area contributed by atoms with Crippen LogP contribution in [0.1, 0.15) is 37.7 Å². The molecule has 0 radical (unpaired) electrons. The summed E-state index contributed by atoms with van der Waals surface area (Å²) in [5.41, 5.74) is 0.217. The number of hydrogen-bond acceptors (Lipinski definition) is 6. The van der Waals surface area contributed by atoms with Crippen LogP contribution in [0, 0.1) is 11.7 Å². The Morgan fingerprint density at radius 1 is 1.16 bits per heavy atom. The molecule has 1 aromatic carbocycles. The number of imide groups is 1. The molecule has 2 saturated heterocycles. The maximum absolute atomic E-state index is 14.2. The molecule has 10 heteroatoms. The number of rotatable bonds is 12. The normalized spacial score (nSPS) is 20.2. The molecule has 0 aromatic heterocycles. The Balaban J connectivity index is 1.29. The van der Waals surface area contributed by atoms with Crippen LogP contribution in [0.3, 0.4) is 0 Å². The molecule has 0 spiro atoms. The third-order valence-corrected chi connectivity index (χ3v) is 8.29. The fourth-order valence-electron chi connectivity index (χ4n) is 4.21. The second-order valence-electron chi connectivity index (χ2n) is 9.21. The monoisotopic (exact) mass is 467 g/mol. The number of sulfone groups is 1. The molecule has 2 N–H and O–H groups in total. The Labute approximate surface area is 187 Å². The van der Waals surface area contributed by atoms with Gasteiger partial charge in [-0.1, -0.05) is 12.5 Å². The molecule has 3 fully saturated rings. The summed E-state index contributed by atoms with van der Waals surface area (Å²) in [5, 5.41) is 5.39. The van der Waals surface area contributed by atoms with Crippen molar-refractivity contribution in [3.63, 3.8) is 0 Å². The van der Waals surface area contributed by atoms with Gasteiger partial charge >= 0.3 is 6.03 Å². The van der Waals surface area contributed by atoms with Gasteiger partial charge in [-0.15, -0.1) is 0 Å². The summed E-state index contributed by atoms with van der Waals surface area (Å²) in [6, 6.07) is 4.31. The summed E-state index contributed by atoms with van der Waals surface area (Å²) < 4.78 is 45.5. The zero-order chi connectivity index (χ0) is 22.8. The molecule has 0 unspecified atom stereocenters. The lowest BCUT2D eigenvalue weighted by Crippen LogP contribution is -2.60. The molecule has 0 atom stereocenters. The van der Waals surface area contributed by atoms with Crippen LogP contribution in [0.4, 0.5) is 9.18 Å². The molecule has 2 aliphatic heterocycles. The first-order valence-electron chi connectivity index (χ1n) is 11.2. The van der Waals surface area contributed by atoms with Crippen molar-refractivity contribution >= 4 is 21.8 Å². The maximum Gasteiger partial charge on any atom is 0.324 e. The third kappa shape index (κ3) is 5.58. The molecule has 8 nitrogen and oxygen atoms in total. The van der Waals surface area contributed by atoms with Gasteiger partial charge in [0, 0.05) is 25.0 Å². The summed E-state index contributed by atoms with van der Waals surface area (Å²) in [4.78, 5) is 24.1.